The molecule has 0 unspecified atom stereocenters. The van der Waals surface area contributed by atoms with Gasteiger partial charge in [-0.05, 0) is 43.2 Å². The Bertz CT molecular complexity index is 1620. The third kappa shape index (κ3) is 3.56. The first-order valence-corrected chi connectivity index (χ1v) is 12.7. The Hall–Kier alpha value is -3.96. The van der Waals surface area contributed by atoms with Crippen LogP contribution < -0.4 is 4.74 Å². The Labute approximate surface area is 222 Å². The van der Waals surface area contributed by atoms with E-state index in [1.807, 2.05) is 18.3 Å². The van der Waals surface area contributed by atoms with Crippen LogP contribution in [0.25, 0.3) is 16.6 Å². The molecule has 2 aliphatic heterocycles. The van der Waals surface area contributed by atoms with Gasteiger partial charge in [-0.1, -0.05) is 6.07 Å². The Morgan fingerprint density at radius 1 is 1.15 bits per heavy atom. The van der Waals surface area contributed by atoms with Gasteiger partial charge in [0, 0.05) is 59.7 Å². The van der Waals surface area contributed by atoms with Crippen LogP contribution in [0.4, 0.5) is 8.78 Å². The lowest BCUT2D eigenvalue weighted by atomic mass is 9.87. The van der Waals surface area contributed by atoms with Crippen LogP contribution in [0, 0.1) is 5.92 Å². The molecule has 4 aromatic rings. The molecule has 39 heavy (non-hydrogen) atoms. The van der Waals surface area contributed by atoms with E-state index in [1.54, 1.807) is 47.9 Å². The van der Waals surface area contributed by atoms with Gasteiger partial charge in [0.1, 0.15) is 11.4 Å². The SMILES string of the molecule is CN1C(=O)c2cccc(OC(F)F)c2[C@H]2C[C@@H]1c1nn3ccc(-c4cnc([C@](C)(O)C5COC5)nc4)cc3c12. The van der Waals surface area contributed by atoms with Gasteiger partial charge in [0.15, 0.2) is 5.82 Å². The molecule has 3 aromatic heterocycles. The number of nitrogens with zero attached hydrogens (tertiary/aromatic N) is 5. The topological polar surface area (TPSA) is 102 Å². The summed E-state index contributed by atoms with van der Waals surface area (Å²) in [7, 11) is 1.72. The van der Waals surface area contributed by atoms with Crippen LogP contribution >= 0.6 is 0 Å². The third-order valence-corrected chi connectivity index (χ3v) is 8.34. The van der Waals surface area contributed by atoms with E-state index in [2.05, 4.69) is 9.97 Å². The van der Waals surface area contributed by atoms with Crippen molar-refractivity contribution in [2.75, 3.05) is 20.3 Å². The summed E-state index contributed by atoms with van der Waals surface area (Å²) in [6.45, 7) is -0.377. The molecule has 3 aliphatic rings. The summed E-state index contributed by atoms with van der Waals surface area (Å²) in [5, 5.41) is 15.7. The number of aliphatic hydroxyl groups is 1. The fourth-order valence-corrected chi connectivity index (χ4v) is 6.02. The first kappa shape index (κ1) is 24.1. The van der Waals surface area contributed by atoms with E-state index < -0.39 is 12.2 Å². The third-order valence-electron chi connectivity index (χ3n) is 8.34. The zero-order chi connectivity index (χ0) is 27.1. The van der Waals surface area contributed by atoms with Gasteiger partial charge < -0.3 is 19.5 Å². The van der Waals surface area contributed by atoms with Crippen LogP contribution in [0.2, 0.25) is 0 Å². The monoisotopic (exact) mass is 533 g/mol. The number of pyridine rings is 1. The summed E-state index contributed by atoms with van der Waals surface area (Å²) >= 11 is 0. The highest BCUT2D eigenvalue weighted by molar-refractivity contribution is 5.98. The van der Waals surface area contributed by atoms with Gasteiger partial charge in [-0.15, -0.1) is 0 Å². The summed E-state index contributed by atoms with van der Waals surface area (Å²) in [6.07, 6.45) is 5.71. The number of rotatable bonds is 5. The van der Waals surface area contributed by atoms with Crippen molar-refractivity contribution < 1.29 is 28.2 Å². The van der Waals surface area contributed by atoms with Gasteiger partial charge in [-0.2, -0.15) is 13.9 Å². The molecule has 1 aromatic carbocycles. The predicted octanol–water partition coefficient (Wildman–Crippen LogP) is 3.91. The number of fused-ring (bicyclic) bond motifs is 9. The number of halogens is 2. The van der Waals surface area contributed by atoms with Crippen LogP contribution in [0.1, 0.15) is 58.3 Å². The molecule has 5 heterocycles. The highest BCUT2D eigenvalue weighted by Gasteiger charge is 2.46. The number of ether oxygens (including phenoxy) is 2. The largest absolute Gasteiger partial charge is 0.434 e. The molecule has 200 valence electrons. The van der Waals surface area contributed by atoms with Crippen LogP contribution in [-0.4, -0.2) is 62.4 Å². The Balaban J connectivity index is 1.33. The number of carbonyl (C=O) groups is 1. The second-order valence-corrected chi connectivity index (χ2v) is 10.5. The zero-order valence-electron chi connectivity index (χ0n) is 21.2. The maximum absolute atomic E-state index is 13.3. The molecule has 1 amide bonds. The second kappa shape index (κ2) is 8.52. The van der Waals surface area contributed by atoms with Gasteiger partial charge in [0.2, 0.25) is 0 Å². The number of alkyl halides is 2. The summed E-state index contributed by atoms with van der Waals surface area (Å²) in [4.78, 5) is 23.8. The minimum atomic E-state index is -3.01. The van der Waals surface area contributed by atoms with Gasteiger partial charge in [0.25, 0.3) is 5.91 Å². The van der Waals surface area contributed by atoms with Crippen molar-refractivity contribution in [3.05, 3.63) is 77.1 Å². The molecule has 1 aliphatic carbocycles. The van der Waals surface area contributed by atoms with E-state index in [0.717, 1.165) is 27.9 Å². The standard InChI is InChI=1S/C28H25F2N5O4/c1-28(37,16-12-38-13-16)26-31-10-15(11-32-26)14-6-7-35-19(8-14)23-18-9-20(24(23)33-35)34(2)25(36)17-4-3-5-21(22(17)18)39-27(29)30/h3-8,10-11,16,18,20,27,37H,9,12-13H2,1-2H3/t18-,20-,28-/m1/s1. The average Bonchev–Trinajstić information content (AvgIpc) is 3.40. The van der Waals surface area contributed by atoms with Crippen LogP contribution in [0.5, 0.6) is 5.75 Å². The van der Waals surface area contributed by atoms with E-state index in [1.165, 1.54) is 6.07 Å². The normalized spacial score (nSPS) is 21.9. The summed E-state index contributed by atoms with van der Waals surface area (Å²) in [5.74, 6) is -0.306. The van der Waals surface area contributed by atoms with Crippen LogP contribution in [0.3, 0.4) is 0 Å². The molecule has 0 radical (unpaired) electrons. The van der Waals surface area contributed by atoms with Gasteiger partial charge in [0.05, 0.1) is 30.5 Å². The average molecular weight is 534 g/mol. The van der Waals surface area contributed by atoms with Crippen molar-refractivity contribution in [1.29, 1.82) is 0 Å². The number of aromatic nitrogens is 4. The molecule has 1 N–H and O–H groups in total. The molecule has 2 bridgehead atoms. The summed E-state index contributed by atoms with van der Waals surface area (Å²) in [5.41, 5.74) is 3.67. The summed E-state index contributed by atoms with van der Waals surface area (Å²) < 4.78 is 38.5. The molecule has 1 fully saturated rings. The quantitative estimate of drug-likeness (QED) is 0.415. The highest BCUT2D eigenvalue weighted by atomic mass is 19.3. The van der Waals surface area contributed by atoms with Crippen molar-refractivity contribution in [2.24, 2.45) is 5.92 Å². The van der Waals surface area contributed by atoms with Crippen molar-refractivity contribution >= 4 is 11.4 Å². The van der Waals surface area contributed by atoms with Gasteiger partial charge in [-0.3, -0.25) is 4.79 Å². The molecule has 1 saturated heterocycles. The Kier molecular flexibility index (Phi) is 5.27. The van der Waals surface area contributed by atoms with E-state index in [4.69, 9.17) is 14.6 Å². The number of hydrogen-bond donors (Lipinski definition) is 1. The van der Waals surface area contributed by atoms with Crippen molar-refractivity contribution in [3.8, 4) is 16.9 Å². The van der Waals surface area contributed by atoms with Crippen molar-refractivity contribution in [3.63, 3.8) is 0 Å². The smallest absolute Gasteiger partial charge is 0.387 e. The van der Waals surface area contributed by atoms with E-state index >= 15 is 0 Å². The lowest BCUT2D eigenvalue weighted by Crippen LogP contribution is -2.45. The Morgan fingerprint density at radius 2 is 1.92 bits per heavy atom. The zero-order valence-corrected chi connectivity index (χ0v) is 21.2. The number of amides is 1. The van der Waals surface area contributed by atoms with E-state index in [-0.39, 0.29) is 29.5 Å². The van der Waals surface area contributed by atoms with E-state index in [0.29, 0.717) is 36.6 Å². The van der Waals surface area contributed by atoms with Crippen molar-refractivity contribution in [1.82, 2.24) is 24.5 Å². The molecule has 11 heteroatoms. The minimum Gasteiger partial charge on any atom is -0.434 e. The fraction of sp³-hybridized carbons (Fsp3) is 0.357. The predicted molar refractivity (Wildman–Crippen MR) is 134 cm³/mol. The highest BCUT2D eigenvalue weighted by Crippen LogP contribution is 2.53. The molecule has 9 nitrogen and oxygen atoms in total. The maximum atomic E-state index is 13.3. The molecule has 0 saturated carbocycles. The second-order valence-electron chi connectivity index (χ2n) is 10.5. The first-order chi connectivity index (χ1) is 18.7. The maximum Gasteiger partial charge on any atom is 0.387 e. The number of carbonyl (C=O) groups excluding carboxylic acids is 1. The molecule has 0 spiro atoms. The minimum absolute atomic E-state index is 0.00570. The van der Waals surface area contributed by atoms with Gasteiger partial charge >= 0.3 is 6.61 Å². The molecular formula is C28H25F2N5O4. The fourth-order valence-electron chi connectivity index (χ4n) is 6.02. The Morgan fingerprint density at radius 3 is 2.62 bits per heavy atom. The summed E-state index contributed by atoms with van der Waals surface area (Å²) in [6, 6.07) is 8.27. The van der Waals surface area contributed by atoms with Gasteiger partial charge in [-0.25, -0.2) is 14.5 Å². The van der Waals surface area contributed by atoms with Crippen LogP contribution in [0.15, 0.2) is 48.9 Å². The number of benzene rings is 1. The van der Waals surface area contributed by atoms with E-state index in [9.17, 15) is 18.7 Å². The molecular weight excluding hydrogens is 508 g/mol. The lowest BCUT2D eigenvalue weighted by molar-refractivity contribution is -0.146. The first-order valence-electron chi connectivity index (χ1n) is 12.7. The number of hydrogen-bond acceptors (Lipinski definition) is 7. The molecule has 7 rings (SSSR count). The van der Waals surface area contributed by atoms with Crippen LogP contribution in [-0.2, 0) is 10.3 Å². The van der Waals surface area contributed by atoms with Crippen molar-refractivity contribution in [2.45, 2.75) is 37.5 Å². The lowest BCUT2D eigenvalue weighted by Gasteiger charge is -2.37. The molecule has 3 atom stereocenters.